The quantitative estimate of drug-likeness (QED) is 0.859. The summed E-state index contributed by atoms with van der Waals surface area (Å²) in [4.78, 5) is 0. The minimum absolute atomic E-state index is 0.472. The van der Waals surface area contributed by atoms with Crippen molar-refractivity contribution in [1.82, 2.24) is 5.32 Å². The molecule has 0 radical (unpaired) electrons. The van der Waals surface area contributed by atoms with Crippen molar-refractivity contribution in [2.24, 2.45) is 0 Å². The van der Waals surface area contributed by atoms with E-state index >= 15 is 0 Å². The summed E-state index contributed by atoms with van der Waals surface area (Å²) in [6.07, 6.45) is 5.33. The van der Waals surface area contributed by atoms with E-state index in [1.807, 2.05) is 19.1 Å². The van der Waals surface area contributed by atoms with Crippen LogP contribution in [0.15, 0.2) is 18.2 Å². The van der Waals surface area contributed by atoms with Gasteiger partial charge in [-0.2, -0.15) is 0 Å². The molecular formula is C16H23NO2. The van der Waals surface area contributed by atoms with Crippen molar-refractivity contribution in [2.75, 3.05) is 7.11 Å². The van der Waals surface area contributed by atoms with E-state index < -0.39 is 5.60 Å². The van der Waals surface area contributed by atoms with Crippen molar-refractivity contribution in [2.45, 2.75) is 56.7 Å². The highest BCUT2D eigenvalue weighted by Crippen LogP contribution is 2.40. The lowest BCUT2D eigenvalue weighted by atomic mass is 9.74. The highest BCUT2D eigenvalue weighted by atomic mass is 16.5. The first-order valence-electron chi connectivity index (χ1n) is 7.24. The van der Waals surface area contributed by atoms with E-state index in [-0.39, 0.29) is 0 Å². The van der Waals surface area contributed by atoms with Crippen molar-refractivity contribution in [1.29, 1.82) is 0 Å². The van der Waals surface area contributed by atoms with E-state index in [9.17, 15) is 5.11 Å². The zero-order valence-electron chi connectivity index (χ0n) is 11.8. The summed E-state index contributed by atoms with van der Waals surface area (Å²) in [5.41, 5.74) is 1.47. The number of fused-ring (bicyclic) bond motifs is 2. The maximum Gasteiger partial charge on any atom is 0.121 e. The molecule has 1 aromatic carbocycles. The summed E-state index contributed by atoms with van der Waals surface area (Å²) in [5.74, 6) is 0.890. The minimum Gasteiger partial charge on any atom is -0.496 e. The Labute approximate surface area is 115 Å². The van der Waals surface area contributed by atoms with Gasteiger partial charge in [0.2, 0.25) is 0 Å². The van der Waals surface area contributed by atoms with E-state index in [4.69, 9.17) is 4.74 Å². The Hall–Kier alpha value is -1.06. The number of rotatable bonds is 2. The minimum atomic E-state index is -0.669. The standard InChI is InChI=1S/C16H23NO2/c1-11-8-12(6-7-15(11)19-2)16(18)9-13-4-3-5-14(10-16)17-13/h6-8,13-14,17-18H,3-5,9-10H2,1-2H3. The normalized spacial score (nSPS) is 34.1. The molecule has 0 saturated carbocycles. The van der Waals surface area contributed by atoms with Crippen LogP contribution in [0.25, 0.3) is 0 Å². The molecule has 2 saturated heterocycles. The van der Waals surface area contributed by atoms with Gasteiger partial charge in [-0.3, -0.25) is 0 Å². The molecule has 0 amide bonds. The van der Waals surface area contributed by atoms with Crippen LogP contribution in [0.1, 0.15) is 43.2 Å². The lowest BCUT2D eigenvalue weighted by molar-refractivity contribution is -0.0359. The van der Waals surface area contributed by atoms with Gasteiger partial charge in [0.15, 0.2) is 0 Å². The Bertz CT molecular complexity index is 460. The van der Waals surface area contributed by atoms with Gasteiger partial charge in [-0.05, 0) is 55.9 Å². The Morgan fingerprint density at radius 3 is 2.53 bits per heavy atom. The Morgan fingerprint density at radius 2 is 1.95 bits per heavy atom. The largest absolute Gasteiger partial charge is 0.496 e. The number of aliphatic hydroxyl groups is 1. The van der Waals surface area contributed by atoms with Crippen LogP contribution in [-0.4, -0.2) is 24.3 Å². The smallest absolute Gasteiger partial charge is 0.121 e. The molecular weight excluding hydrogens is 238 g/mol. The molecule has 104 valence electrons. The number of hydrogen-bond acceptors (Lipinski definition) is 3. The first-order chi connectivity index (χ1) is 9.10. The number of ether oxygens (including phenoxy) is 1. The number of piperidine rings is 2. The molecule has 2 bridgehead atoms. The molecule has 19 heavy (non-hydrogen) atoms. The number of methoxy groups -OCH3 is 1. The van der Waals surface area contributed by atoms with Crippen molar-refractivity contribution in [3.63, 3.8) is 0 Å². The second-order valence-corrected chi connectivity index (χ2v) is 6.12. The zero-order chi connectivity index (χ0) is 13.5. The van der Waals surface area contributed by atoms with Gasteiger partial charge in [-0.15, -0.1) is 0 Å². The summed E-state index contributed by atoms with van der Waals surface area (Å²) in [7, 11) is 1.69. The molecule has 0 aromatic heterocycles. The molecule has 2 N–H and O–H groups in total. The lowest BCUT2D eigenvalue weighted by Gasteiger charge is -2.45. The van der Waals surface area contributed by atoms with E-state index in [1.165, 1.54) is 19.3 Å². The third-order valence-electron chi connectivity index (χ3n) is 4.68. The summed E-state index contributed by atoms with van der Waals surface area (Å²) < 4.78 is 5.30. The first kappa shape index (κ1) is 12.9. The van der Waals surface area contributed by atoms with Crippen LogP contribution in [0.2, 0.25) is 0 Å². The second kappa shape index (κ2) is 4.80. The third-order valence-corrected chi connectivity index (χ3v) is 4.68. The number of hydrogen-bond donors (Lipinski definition) is 2. The highest BCUT2D eigenvalue weighted by Gasteiger charge is 2.41. The van der Waals surface area contributed by atoms with E-state index in [2.05, 4.69) is 11.4 Å². The van der Waals surface area contributed by atoms with Crippen LogP contribution in [0.3, 0.4) is 0 Å². The van der Waals surface area contributed by atoms with Crippen molar-refractivity contribution < 1.29 is 9.84 Å². The third kappa shape index (κ3) is 2.37. The second-order valence-electron chi connectivity index (χ2n) is 6.12. The molecule has 3 nitrogen and oxygen atoms in total. The molecule has 2 aliphatic heterocycles. The Morgan fingerprint density at radius 1 is 1.26 bits per heavy atom. The monoisotopic (exact) mass is 261 g/mol. The molecule has 2 heterocycles. The molecule has 2 unspecified atom stereocenters. The van der Waals surface area contributed by atoms with Gasteiger partial charge in [0, 0.05) is 12.1 Å². The Balaban J connectivity index is 1.89. The molecule has 2 aliphatic rings. The van der Waals surface area contributed by atoms with Gasteiger partial charge < -0.3 is 15.2 Å². The van der Waals surface area contributed by atoms with Gasteiger partial charge in [0.05, 0.1) is 12.7 Å². The molecule has 3 heteroatoms. The molecule has 2 fully saturated rings. The van der Waals surface area contributed by atoms with Crippen LogP contribution in [0.5, 0.6) is 5.75 Å². The van der Waals surface area contributed by atoms with Gasteiger partial charge in [0.1, 0.15) is 5.75 Å². The van der Waals surface area contributed by atoms with E-state index in [1.54, 1.807) is 7.11 Å². The molecule has 2 atom stereocenters. The predicted octanol–water partition coefficient (Wildman–Crippen LogP) is 2.50. The Kier molecular flexibility index (Phi) is 3.27. The number of benzene rings is 1. The van der Waals surface area contributed by atoms with Crippen LogP contribution in [-0.2, 0) is 5.60 Å². The van der Waals surface area contributed by atoms with Gasteiger partial charge >= 0.3 is 0 Å². The summed E-state index contributed by atoms with van der Waals surface area (Å²) >= 11 is 0. The van der Waals surface area contributed by atoms with Crippen molar-refractivity contribution in [3.8, 4) is 5.75 Å². The van der Waals surface area contributed by atoms with Crippen LogP contribution in [0, 0.1) is 6.92 Å². The van der Waals surface area contributed by atoms with Gasteiger partial charge in [0.25, 0.3) is 0 Å². The van der Waals surface area contributed by atoms with Gasteiger partial charge in [-0.25, -0.2) is 0 Å². The van der Waals surface area contributed by atoms with Crippen molar-refractivity contribution >= 4 is 0 Å². The number of nitrogens with one attached hydrogen (secondary N) is 1. The molecule has 0 aliphatic carbocycles. The zero-order valence-corrected chi connectivity index (χ0v) is 11.8. The summed E-state index contributed by atoms with van der Waals surface area (Å²) in [5, 5.41) is 14.7. The van der Waals surface area contributed by atoms with E-state index in [0.717, 1.165) is 29.7 Å². The van der Waals surface area contributed by atoms with Crippen LogP contribution < -0.4 is 10.1 Å². The summed E-state index contributed by atoms with van der Waals surface area (Å²) in [6.45, 7) is 2.04. The maximum atomic E-state index is 11.1. The van der Waals surface area contributed by atoms with Crippen molar-refractivity contribution in [3.05, 3.63) is 29.3 Å². The fraction of sp³-hybridized carbons (Fsp3) is 0.625. The maximum absolute atomic E-state index is 11.1. The van der Waals surface area contributed by atoms with Crippen LogP contribution in [0.4, 0.5) is 0 Å². The van der Waals surface area contributed by atoms with Gasteiger partial charge in [-0.1, -0.05) is 12.5 Å². The molecule has 3 rings (SSSR count). The number of aryl methyl sites for hydroxylation is 1. The first-order valence-corrected chi connectivity index (χ1v) is 7.24. The average molecular weight is 261 g/mol. The lowest BCUT2D eigenvalue weighted by Crippen LogP contribution is -2.54. The molecule has 0 spiro atoms. The topological polar surface area (TPSA) is 41.5 Å². The van der Waals surface area contributed by atoms with Crippen LogP contribution >= 0.6 is 0 Å². The summed E-state index contributed by atoms with van der Waals surface area (Å²) in [6, 6.07) is 7.02. The highest BCUT2D eigenvalue weighted by molar-refractivity contribution is 5.39. The van der Waals surface area contributed by atoms with E-state index in [0.29, 0.717) is 12.1 Å². The average Bonchev–Trinajstić information content (AvgIpc) is 2.38. The fourth-order valence-electron chi connectivity index (χ4n) is 3.73. The SMILES string of the molecule is COc1ccc(C2(O)CC3CCCC(C2)N3)cc1C. The predicted molar refractivity (Wildman–Crippen MR) is 75.4 cm³/mol. The fourth-order valence-corrected chi connectivity index (χ4v) is 3.73. The molecule has 1 aromatic rings.